The zero-order chi connectivity index (χ0) is 12.8. The lowest BCUT2D eigenvalue weighted by atomic mass is 9.75. The van der Waals surface area contributed by atoms with Crippen molar-refractivity contribution in [3.63, 3.8) is 0 Å². The maximum absolute atomic E-state index is 12.6. The minimum atomic E-state index is -4.59. The average molecular weight is 264 g/mol. The van der Waals surface area contributed by atoms with Crippen molar-refractivity contribution in [3.05, 3.63) is 28.3 Å². The fourth-order valence-corrected chi connectivity index (χ4v) is 2.07. The molecule has 2 rings (SSSR count). The van der Waals surface area contributed by atoms with E-state index >= 15 is 0 Å². The van der Waals surface area contributed by atoms with Gasteiger partial charge >= 0.3 is 13.3 Å². The second kappa shape index (κ2) is 4.19. The van der Waals surface area contributed by atoms with Crippen LogP contribution in [0.3, 0.4) is 0 Å². The molecule has 0 heterocycles. The minimum Gasteiger partial charge on any atom is -0.423 e. The van der Waals surface area contributed by atoms with Crippen molar-refractivity contribution in [2.45, 2.75) is 24.9 Å². The number of halogens is 4. The second-order valence-corrected chi connectivity index (χ2v) is 4.51. The maximum Gasteiger partial charge on any atom is 0.488 e. The summed E-state index contributed by atoms with van der Waals surface area (Å²) in [5.41, 5.74) is -0.645. The lowest BCUT2D eigenvalue weighted by Gasteiger charge is -2.14. The largest absolute Gasteiger partial charge is 0.488 e. The molecule has 0 aromatic heterocycles. The third-order valence-corrected chi connectivity index (χ3v) is 3.09. The molecule has 1 fully saturated rings. The third-order valence-electron chi connectivity index (χ3n) is 2.77. The molecule has 0 amide bonds. The van der Waals surface area contributed by atoms with Gasteiger partial charge in [0.05, 0.1) is 10.6 Å². The van der Waals surface area contributed by atoms with Gasteiger partial charge in [0.1, 0.15) is 0 Å². The van der Waals surface area contributed by atoms with Crippen molar-refractivity contribution in [2.24, 2.45) is 0 Å². The van der Waals surface area contributed by atoms with Crippen molar-refractivity contribution in [1.29, 1.82) is 0 Å². The van der Waals surface area contributed by atoms with E-state index in [1.165, 1.54) is 6.07 Å². The highest BCUT2D eigenvalue weighted by Gasteiger charge is 2.37. The van der Waals surface area contributed by atoms with Gasteiger partial charge in [-0.25, -0.2) is 0 Å². The van der Waals surface area contributed by atoms with Gasteiger partial charge in [-0.3, -0.25) is 0 Å². The Morgan fingerprint density at radius 1 is 1.24 bits per heavy atom. The maximum atomic E-state index is 12.6. The molecule has 1 saturated carbocycles. The summed E-state index contributed by atoms with van der Waals surface area (Å²) >= 11 is 5.58. The van der Waals surface area contributed by atoms with Crippen molar-refractivity contribution in [3.8, 4) is 0 Å². The molecule has 1 aliphatic carbocycles. The quantitative estimate of drug-likeness (QED) is 0.801. The third kappa shape index (κ3) is 2.59. The monoisotopic (exact) mass is 264 g/mol. The van der Waals surface area contributed by atoms with Crippen LogP contribution in [0.15, 0.2) is 12.1 Å². The molecule has 0 spiro atoms. The Hall–Kier alpha value is -0.715. The van der Waals surface area contributed by atoms with Crippen molar-refractivity contribution in [2.75, 3.05) is 0 Å². The zero-order valence-electron chi connectivity index (χ0n) is 8.63. The normalized spacial score (nSPS) is 16.1. The van der Waals surface area contributed by atoms with E-state index in [-0.39, 0.29) is 11.4 Å². The predicted octanol–water partition coefficient (Wildman–Crippen LogP) is 1.92. The van der Waals surface area contributed by atoms with E-state index < -0.39 is 23.9 Å². The SMILES string of the molecule is OB(O)c1cc(C(F)(F)F)c(Cl)cc1C1CC1. The Kier molecular flexibility index (Phi) is 3.14. The predicted molar refractivity (Wildman–Crippen MR) is 58.3 cm³/mol. The van der Waals surface area contributed by atoms with Gasteiger partial charge < -0.3 is 10.0 Å². The Labute approximate surface area is 101 Å². The van der Waals surface area contributed by atoms with Crippen molar-refractivity contribution >= 4 is 24.2 Å². The van der Waals surface area contributed by atoms with Gasteiger partial charge in [-0.15, -0.1) is 0 Å². The second-order valence-electron chi connectivity index (χ2n) is 4.11. The molecule has 0 atom stereocenters. The summed E-state index contributed by atoms with van der Waals surface area (Å²) in [4.78, 5) is 0. The number of benzene rings is 1. The Morgan fingerprint density at radius 3 is 2.24 bits per heavy atom. The number of alkyl halides is 3. The van der Waals surface area contributed by atoms with Crippen LogP contribution in [0.5, 0.6) is 0 Å². The Bertz CT molecular complexity index is 444. The zero-order valence-corrected chi connectivity index (χ0v) is 9.39. The number of rotatable bonds is 2. The summed E-state index contributed by atoms with van der Waals surface area (Å²) < 4.78 is 37.8. The van der Waals surface area contributed by atoms with Gasteiger partial charge in [0, 0.05) is 0 Å². The summed E-state index contributed by atoms with van der Waals surface area (Å²) in [5, 5.41) is 17.8. The van der Waals surface area contributed by atoms with E-state index in [1.54, 1.807) is 0 Å². The molecule has 2 N–H and O–H groups in total. The van der Waals surface area contributed by atoms with Gasteiger partial charge in [-0.2, -0.15) is 13.2 Å². The van der Waals surface area contributed by atoms with E-state index in [4.69, 9.17) is 21.6 Å². The van der Waals surface area contributed by atoms with Gasteiger partial charge in [-0.05, 0) is 41.9 Å². The van der Waals surface area contributed by atoms with E-state index in [0.717, 1.165) is 18.9 Å². The molecule has 0 radical (unpaired) electrons. The van der Waals surface area contributed by atoms with E-state index in [2.05, 4.69) is 0 Å². The van der Waals surface area contributed by atoms with Crippen LogP contribution in [-0.2, 0) is 6.18 Å². The van der Waals surface area contributed by atoms with Crippen molar-refractivity contribution in [1.82, 2.24) is 0 Å². The van der Waals surface area contributed by atoms with Gasteiger partial charge in [0.25, 0.3) is 0 Å². The first kappa shape index (κ1) is 12.7. The van der Waals surface area contributed by atoms with Gasteiger partial charge in [0.2, 0.25) is 0 Å². The summed E-state index contributed by atoms with van der Waals surface area (Å²) in [6, 6.07) is 1.91. The highest BCUT2D eigenvalue weighted by atomic mass is 35.5. The van der Waals surface area contributed by atoms with E-state index in [0.29, 0.717) is 5.56 Å². The molecule has 1 aliphatic rings. The smallest absolute Gasteiger partial charge is 0.423 e. The first-order valence-electron chi connectivity index (χ1n) is 5.07. The molecule has 7 heteroatoms. The van der Waals surface area contributed by atoms with Crippen LogP contribution >= 0.6 is 11.6 Å². The Balaban J connectivity index is 2.54. The van der Waals surface area contributed by atoms with Crippen LogP contribution in [0, 0.1) is 0 Å². The molecule has 0 aliphatic heterocycles. The number of hydrogen-bond donors (Lipinski definition) is 2. The van der Waals surface area contributed by atoms with Crippen LogP contribution in [0.2, 0.25) is 5.02 Å². The van der Waals surface area contributed by atoms with Crippen LogP contribution in [0.4, 0.5) is 13.2 Å². The molecular weight excluding hydrogens is 255 g/mol. The Morgan fingerprint density at radius 2 is 1.82 bits per heavy atom. The highest BCUT2D eigenvalue weighted by Crippen LogP contribution is 2.42. The molecule has 1 aromatic rings. The van der Waals surface area contributed by atoms with Gasteiger partial charge in [-0.1, -0.05) is 11.6 Å². The lowest BCUT2D eigenvalue weighted by Crippen LogP contribution is -2.34. The molecule has 92 valence electrons. The summed E-state index contributed by atoms with van der Waals surface area (Å²) in [6.07, 6.45) is -2.92. The molecule has 2 nitrogen and oxygen atoms in total. The fraction of sp³-hybridized carbons (Fsp3) is 0.400. The molecule has 0 bridgehead atoms. The summed E-state index contributed by atoms with van der Waals surface area (Å²) in [6.45, 7) is 0. The molecular formula is C10H9BClF3O2. The van der Waals surface area contributed by atoms with Gasteiger partial charge in [0.15, 0.2) is 0 Å². The summed E-state index contributed by atoms with van der Waals surface area (Å²) in [7, 11) is -1.91. The number of hydrogen-bond acceptors (Lipinski definition) is 2. The molecule has 0 saturated heterocycles. The van der Waals surface area contributed by atoms with Crippen LogP contribution in [0.1, 0.15) is 29.9 Å². The topological polar surface area (TPSA) is 40.5 Å². The standard InChI is InChI=1S/C10H9BClF3O2/c12-9-3-6(5-1-2-5)8(11(16)17)4-7(9)10(13,14)15/h3-5,16-17H,1-2H2. The van der Waals surface area contributed by atoms with E-state index in [9.17, 15) is 13.2 Å². The van der Waals surface area contributed by atoms with Crippen LogP contribution in [0.25, 0.3) is 0 Å². The van der Waals surface area contributed by atoms with Crippen LogP contribution < -0.4 is 5.46 Å². The minimum absolute atomic E-state index is 0.0894. The first-order valence-corrected chi connectivity index (χ1v) is 5.45. The summed E-state index contributed by atoms with van der Waals surface area (Å²) in [5.74, 6) is 0.0894. The lowest BCUT2D eigenvalue weighted by molar-refractivity contribution is -0.137. The molecule has 1 aromatic carbocycles. The molecule has 17 heavy (non-hydrogen) atoms. The highest BCUT2D eigenvalue weighted by molar-refractivity contribution is 6.59. The molecule has 0 unspecified atom stereocenters. The van der Waals surface area contributed by atoms with Crippen molar-refractivity contribution < 1.29 is 23.2 Å². The first-order chi connectivity index (χ1) is 7.80. The van der Waals surface area contributed by atoms with E-state index in [1.807, 2.05) is 0 Å². The average Bonchev–Trinajstić information content (AvgIpc) is 2.97. The van der Waals surface area contributed by atoms with Crippen LogP contribution in [-0.4, -0.2) is 17.2 Å². The fourth-order valence-electron chi connectivity index (χ4n) is 1.79.